The highest BCUT2D eigenvalue weighted by Crippen LogP contribution is 2.13. The number of aryl methyl sites for hydroxylation is 1. The summed E-state index contributed by atoms with van der Waals surface area (Å²) in [6.45, 7) is 5.07. The molecule has 3 rings (SSSR count). The molecule has 0 radical (unpaired) electrons. The van der Waals surface area contributed by atoms with Crippen molar-refractivity contribution in [3.8, 4) is 0 Å². The maximum atomic E-state index is 12.3. The first-order valence-electron chi connectivity index (χ1n) is 8.28. The van der Waals surface area contributed by atoms with E-state index in [1.165, 1.54) is 0 Å². The van der Waals surface area contributed by atoms with Crippen LogP contribution in [0, 0.1) is 6.92 Å². The number of piperazine rings is 1. The van der Waals surface area contributed by atoms with Crippen LogP contribution in [0.5, 0.6) is 0 Å². The smallest absolute Gasteiger partial charge is 0.410 e. The summed E-state index contributed by atoms with van der Waals surface area (Å²) in [5.41, 5.74) is 1.92. The molecule has 1 aromatic rings. The quantitative estimate of drug-likeness (QED) is 0.899. The molecular formula is C17H23N3O4. The first-order valence-corrected chi connectivity index (χ1v) is 8.28. The van der Waals surface area contributed by atoms with E-state index >= 15 is 0 Å². The van der Waals surface area contributed by atoms with Crippen LogP contribution >= 0.6 is 0 Å². The molecule has 7 nitrogen and oxygen atoms in total. The molecular weight excluding hydrogens is 310 g/mol. The van der Waals surface area contributed by atoms with Crippen molar-refractivity contribution in [2.45, 2.75) is 19.4 Å². The second-order valence-corrected chi connectivity index (χ2v) is 6.14. The van der Waals surface area contributed by atoms with Crippen LogP contribution in [0.1, 0.15) is 12.0 Å². The Bertz CT molecular complexity index is 576. The Hall–Kier alpha value is -2.28. The predicted molar refractivity (Wildman–Crippen MR) is 89.0 cm³/mol. The molecule has 2 fully saturated rings. The topological polar surface area (TPSA) is 71.1 Å². The lowest BCUT2D eigenvalue weighted by Crippen LogP contribution is -2.52. The van der Waals surface area contributed by atoms with E-state index in [1.807, 2.05) is 31.2 Å². The van der Waals surface area contributed by atoms with Gasteiger partial charge in [0.1, 0.15) is 6.10 Å². The molecule has 2 aliphatic heterocycles. The van der Waals surface area contributed by atoms with Crippen molar-refractivity contribution in [2.24, 2.45) is 0 Å². The fourth-order valence-corrected chi connectivity index (χ4v) is 2.75. The molecule has 130 valence electrons. The van der Waals surface area contributed by atoms with E-state index in [0.29, 0.717) is 39.4 Å². The molecule has 3 amide bonds. The second kappa shape index (κ2) is 7.53. The van der Waals surface area contributed by atoms with Crippen LogP contribution in [0.15, 0.2) is 24.3 Å². The van der Waals surface area contributed by atoms with Gasteiger partial charge in [-0.25, -0.2) is 9.59 Å². The summed E-state index contributed by atoms with van der Waals surface area (Å²) in [5, 5.41) is 2.88. The van der Waals surface area contributed by atoms with Crippen LogP contribution in [0.4, 0.5) is 15.3 Å². The number of amides is 3. The van der Waals surface area contributed by atoms with Gasteiger partial charge in [0.2, 0.25) is 0 Å². The van der Waals surface area contributed by atoms with E-state index in [0.717, 1.165) is 17.7 Å². The Balaban J connectivity index is 1.44. The van der Waals surface area contributed by atoms with Gasteiger partial charge in [0, 0.05) is 38.3 Å². The van der Waals surface area contributed by atoms with Gasteiger partial charge in [0.05, 0.1) is 13.2 Å². The molecule has 1 N–H and O–H groups in total. The molecule has 1 unspecified atom stereocenters. The van der Waals surface area contributed by atoms with Gasteiger partial charge >= 0.3 is 12.1 Å². The lowest BCUT2D eigenvalue weighted by molar-refractivity contribution is 0.0447. The summed E-state index contributed by atoms with van der Waals surface area (Å²) in [7, 11) is 0. The Morgan fingerprint density at radius 3 is 2.42 bits per heavy atom. The Morgan fingerprint density at radius 1 is 1.12 bits per heavy atom. The van der Waals surface area contributed by atoms with E-state index < -0.39 is 0 Å². The van der Waals surface area contributed by atoms with Crippen molar-refractivity contribution in [3.05, 3.63) is 29.8 Å². The molecule has 2 heterocycles. The third-order valence-corrected chi connectivity index (χ3v) is 4.28. The minimum absolute atomic E-state index is 0.139. The molecule has 1 aromatic carbocycles. The molecule has 0 aromatic heterocycles. The maximum Gasteiger partial charge on any atom is 0.410 e. The summed E-state index contributed by atoms with van der Waals surface area (Å²) in [6, 6.07) is 7.53. The Labute approximate surface area is 141 Å². The number of rotatable bonds is 2. The van der Waals surface area contributed by atoms with E-state index in [1.54, 1.807) is 9.80 Å². The van der Waals surface area contributed by atoms with Gasteiger partial charge in [-0.3, -0.25) is 0 Å². The minimum Gasteiger partial charge on any atom is -0.444 e. The van der Waals surface area contributed by atoms with Crippen molar-refractivity contribution in [3.63, 3.8) is 0 Å². The van der Waals surface area contributed by atoms with Crippen molar-refractivity contribution in [1.29, 1.82) is 0 Å². The maximum absolute atomic E-state index is 12.3. The van der Waals surface area contributed by atoms with Crippen LogP contribution < -0.4 is 5.32 Å². The van der Waals surface area contributed by atoms with Crippen LogP contribution in [-0.4, -0.2) is 67.4 Å². The van der Waals surface area contributed by atoms with Crippen molar-refractivity contribution >= 4 is 17.8 Å². The number of ether oxygens (including phenoxy) is 2. The third-order valence-electron chi connectivity index (χ3n) is 4.28. The van der Waals surface area contributed by atoms with Gasteiger partial charge in [-0.15, -0.1) is 0 Å². The number of carbonyl (C=O) groups excluding carboxylic acids is 2. The van der Waals surface area contributed by atoms with Crippen LogP contribution in [-0.2, 0) is 9.47 Å². The molecule has 0 bridgehead atoms. The zero-order valence-corrected chi connectivity index (χ0v) is 13.9. The first-order chi connectivity index (χ1) is 11.6. The number of anilines is 1. The third kappa shape index (κ3) is 4.17. The summed E-state index contributed by atoms with van der Waals surface area (Å²) in [5.74, 6) is 0. The number of carbonyl (C=O) groups is 2. The molecule has 0 aliphatic carbocycles. The SMILES string of the molecule is Cc1ccc(NC(=O)N2CCN(C(=O)OC3CCOC3)CC2)cc1. The largest absolute Gasteiger partial charge is 0.444 e. The van der Waals surface area contributed by atoms with E-state index in [-0.39, 0.29) is 18.2 Å². The van der Waals surface area contributed by atoms with Crippen molar-refractivity contribution in [2.75, 3.05) is 44.7 Å². The summed E-state index contributed by atoms with van der Waals surface area (Å²) in [4.78, 5) is 27.7. The highest BCUT2D eigenvalue weighted by Gasteiger charge is 2.28. The predicted octanol–water partition coefficient (Wildman–Crippen LogP) is 2.07. The van der Waals surface area contributed by atoms with Gasteiger partial charge in [0.25, 0.3) is 0 Å². The molecule has 1 atom stereocenters. The second-order valence-electron chi connectivity index (χ2n) is 6.14. The Morgan fingerprint density at radius 2 is 1.79 bits per heavy atom. The van der Waals surface area contributed by atoms with E-state index in [4.69, 9.17) is 9.47 Å². The number of nitrogens with zero attached hydrogens (tertiary/aromatic N) is 2. The highest BCUT2D eigenvalue weighted by atomic mass is 16.6. The Kier molecular flexibility index (Phi) is 5.20. The minimum atomic E-state index is -0.316. The zero-order chi connectivity index (χ0) is 16.9. The van der Waals surface area contributed by atoms with Gasteiger partial charge in [-0.05, 0) is 19.1 Å². The standard InChI is InChI=1S/C17H23N3O4/c1-13-2-4-14(5-3-13)18-16(21)19-7-9-20(10-8-19)17(22)24-15-6-11-23-12-15/h2-5,15H,6-12H2,1H3,(H,18,21). The van der Waals surface area contributed by atoms with Crippen LogP contribution in [0.2, 0.25) is 0 Å². The van der Waals surface area contributed by atoms with Gasteiger partial charge in [-0.1, -0.05) is 17.7 Å². The number of hydrogen-bond donors (Lipinski definition) is 1. The van der Waals surface area contributed by atoms with Crippen LogP contribution in [0.3, 0.4) is 0 Å². The normalized spacial score (nSPS) is 20.8. The van der Waals surface area contributed by atoms with Crippen molar-refractivity contribution in [1.82, 2.24) is 9.80 Å². The monoisotopic (exact) mass is 333 g/mol. The fraction of sp³-hybridized carbons (Fsp3) is 0.529. The van der Waals surface area contributed by atoms with E-state index in [9.17, 15) is 9.59 Å². The molecule has 24 heavy (non-hydrogen) atoms. The zero-order valence-electron chi connectivity index (χ0n) is 13.9. The van der Waals surface area contributed by atoms with Crippen molar-refractivity contribution < 1.29 is 19.1 Å². The molecule has 0 saturated carbocycles. The lowest BCUT2D eigenvalue weighted by Gasteiger charge is -2.34. The van der Waals surface area contributed by atoms with Gasteiger partial charge < -0.3 is 24.6 Å². The average molecular weight is 333 g/mol. The number of urea groups is 1. The lowest BCUT2D eigenvalue weighted by atomic mass is 10.2. The number of nitrogens with one attached hydrogen (secondary N) is 1. The molecule has 2 aliphatic rings. The molecule has 2 saturated heterocycles. The first kappa shape index (κ1) is 16.6. The van der Waals surface area contributed by atoms with Gasteiger partial charge in [-0.2, -0.15) is 0 Å². The molecule has 7 heteroatoms. The van der Waals surface area contributed by atoms with Gasteiger partial charge in [0.15, 0.2) is 0 Å². The van der Waals surface area contributed by atoms with E-state index in [2.05, 4.69) is 5.32 Å². The summed E-state index contributed by atoms with van der Waals surface area (Å²) < 4.78 is 10.6. The highest BCUT2D eigenvalue weighted by molar-refractivity contribution is 5.89. The number of benzene rings is 1. The fourth-order valence-electron chi connectivity index (χ4n) is 2.75. The van der Waals surface area contributed by atoms with Crippen LogP contribution in [0.25, 0.3) is 0 Å². The summed E-state index contributed by atoms with van der Waals surface area (Å²) >= 11 is 0. The average Bonchev–Trinajstić information content (AvgIpc) is 3.10. The number of hydrogen-bond acceptors (Lipinski definition) is 4. The summed E-state index contributed by atoms with van der Waals surface area (Å²) in [6.07, 6.45) is 0.300. The molecule has 0 spiro atoms.